The van der Waals surface area contributed by atoms with Gasteiger partial charge in [-0.25, -0.2) is 0 Å². The summed E-state index contributed by atoms with van der Waals surface area (Å²) in [5.41, 5.74) is 1.80. The summed E-state index contributed by atoms with van der Waals surface area (Å²) in [5, 5.41) is 1.93. The van der Waals surface area contributed by atoms with Crippen LogP contribution in [0, 0.1) is 0 Å². The van der Waals surface area contributed by atoms with E-state index in [0.29, 0.717) is 0 Å². The number of carbonyl (C=O) groups excluding carboxylic acids is 1. The predicted octanol–water partition coefficient (Wildman–Crippen LogP) is 3.96. The molecular formula is C15H22ClNO3S. The Morgan fingerprint density at radius 2 is 2.10 bits per heavy atom. The third-order valence-electron chi connectivity index (χ3n) is 2.76. The van der Waals surface area contributed by atoms with Crippen molar-refractivity contribution in [3.8, 4) is 5.75 Å². The molecule has 118 valence electrons. The molecule has 21 heavy (non-hydrogen) atoms. The maximum absolute atomic E-state index is 12.2. The van der Waals surface area contributed by atoms with Crippen LogP contribution in [-0.2, 0) is 9.53 Å². The van der Waals surface area contributed by atoms with E-state index < -0.39 is 0 Å². The lowest BCUT2D eigenvalue weighted by molar-refractivity contribution is -0.130. The zero-order valence-electron chi connectivity index (χ0n) is 13.1. The van der Waals surface area contributed by atoms with Gasteiger partial charge in [0.25, 0.3) is 0 Å². The van der Waals surface area contributed by atoms with E-state index in [2.05, 4.69) is 0 Å². The van der Waals surface area contributed by atoms with E-state index in [4.69, 9.17) is 21.1 Å². The fraction of sp³-hybridized carbons (Fsp3) is 0.533. The number of amides is 1. The van der Waals surface area contributed by atoms with Gasteiger partial charge in [-0.2, -0.15) is 0 Å². The first-order valence-electron chi connectivity index (χ1n) is 6.69. The summed E-state index contributed by atoms with van der Waals surface area (Å²) in [7, 11) is 1.62. The SMILES string of the molecule is COc1ccsc1C(=C(C)C)N(COC(C)C)C(=O)CCl. The maximum atomic E-state index is 12.2. The highest BCUT2D eigenvalue weighted by Crippen LogP contribution is 2.35. The Hall–Kier alpha value is -1.04. The van der Waals surface area contributed by atoms with Crippen molar-refractivity contribution in [1.82, 2.24) is 4.90 Å². The second kappa shape index (κ2) is 8.41. The highest BCUT2D eigenvalue weighted by Gasteiger charge is 2.24. The third kappa shape index (κ3) is 4.73. The molecule has 1 amide bonds. The zero-order chi connectivity index (χ0) is 16.0. The first-order chi connectivity index (χ1) is 9.92. The molecule has 0 radical (unpaired) electrons. The van der Waals surface area contributed by atoms with Crippen LogP contribution in [0.15, 0.2) is 17.0 Å². The Morgan fingerprint density at radius 1 is 1.43 bits per heavy atom. The molecule has 1 rings (SSSR count). The molecule has 0 aliphatic heterocycles. The Morgan fingerprint density at radius 3 is 2.57 bits per heavy atom. The highest BCUT2D eigenvalue weighted by molar-refractivity contribution is 7.11. The fourth-order valence-corrected chi connectivity index (χ4v) is 2.97. The van der Waals surface area contributed by atoms with Crippen LogP contribution in [0.5, 0.6) is 5.75 Å². The molecule has 6 heteroatoms. The third-order valence-corrected chi connectivity index (χ3v) is 3.89. The van der Waals surface area contributed by atoms with Crippen LogP contribution in [0.4, 0.5) is 0 Å². The van der Waals surface area contributed by atoms with Crippen LogP contribution >= 0.6 is 22.9 Å². The molecule has 0 spiro atoms. The lowest BCUT2D eigenvalue weighted by Gasteiger charge is -2.27. The van der Waals surface area contributed by atoms with Crippen molar-refractivity contribution >= 4 is 34.5 Å². The van der Waals surface area contributed by atoms with Crippen LogP contribution in [0.1, 0.15) is 32.6 Å². The van der Waals surface area contributed by atoms with Gasteiger partial charge < -0.3 is 9.47 Å². The van der Waals surface area contributed by atoms with Gasteiger partial charge in [0.2, 0.25) is 5.91 Å². The van der Waals surface area contributed by atoms with Gasteiger partial charge in [-0.3, -0.25) is 9.69 Å². The van der Waals surface area contributed by atoms with Crippen molar-refractivity contribution in [3.05, 3.63) is 21.9 Å². The fourth-order valence-electron chi connectivity index (χ4n) is 1.81. The van der Waals surface area contributed by atoms with E-state index in [1.165, 1.54) is 11.3 Å². The molecule has 0 saturated heterocycles. The number of halogens is 1. The number of hydrogen-bond acceptors (Lipinski definition) is 4. The molecule has 0 saturated carbocycles. The molecule has 0 fully saturated rings. The molecule has 0 aromatic carbocycles. The lowest BCUT2D eigenvalue weighted by atomic mass is 10.2. The van der Waals surface area contributed by atoms with Gasteiger partial charge >= 0.3 is 0 Å². The van der Waals surface area contributed by atoms with Crippen molar-refractivity contribution < 1.29 is 14.3 Å². The number of ether oxygens (including phenoxy) is 2. The van der Waals surface area contributed by atoms with Gasteiger partial charge in [0.15, 0.2) is 0 Å². The maximum Gasteiger partial charge on any atom is 0.243 e. The molecule has 1 heterocycles. The second-order valence-corrected chi connectivity index (χ2v) is 6.15. The van der Waals surface area contributed by atoms with Crippen molar-refractivity contribution in [2.24, 2.45) is 0 Å². The molecule has 0 aliphatic carbocycles. The normalized spacial score (nSPS) is 10.6. The summed E-state index contributed by atoms with van der Waals surface area (Å²) in [6, 6.07) is 1.88. The Kier molecular flexibility index (Phi) is 7.22. The first-order valence-corrected chi connectivity index (χ1v) is 8.11. The Bertz CT molecular complexity index is 507. The number of rotatable bonds is 7. The minimum absolute atomic E-state index is 0.0271. The van der Waals surface area contributed by atoms with Gasteiger partial charge in [0.05, 0.1) is 23.8 Å². The largest absolute Gasteiger partial charge is 0.495 e. The molecule has 0 aliphatic rings. The second-order valence-electron chi connectivity index (χ2n) is 4.97. The number of alkyl halides is 1. The number of hydrogen-bond donors (Lipinski definition) is 0. The van der Waals surface area contributed by atoms with Crippen LogP contribution in [-0.4, -0.2) is 36.6 Å². The van der Waals surface area contributed by atoms with Gasteiger partial charge in [-0.1, -0.05) is 5.57 Å². The molecule has 0 bridgehead atoms. The van der Waals surface area contributed by atoms with E-state index in [0.717, 1.165) is 21.9 Å². The zero-order valence-corrected chi connectivity index (χ0v) is 14.7. The number of nitrogens with zero attached hydrogens (tertiary/aromatic N) is 1. The number of carbonyl (C=O) groups is 1. The molecule has 0 atom stereocenters. The van der Waals surface area contributed by atoms with Crippen molar-refractivity contribution in [2.45, 2.75) is 33.8 Å². The standard InChI is InChI=1S/C15H22ClNO3S/c1-10(2)14(15-12(19-5)6-7-21-15)17(13(18)8-16)9-20-11(3)4/h6-7,11H,8-9H2,1-5H3. The minimum atomic E-state index is -0.191. The Balaban J connectivity index is 3.21. The molecule has 1 aromatic rings. The lowest BCUT2D eigenvalue weighted by Crippen LogP contribution is -2.34. The summed E-state index contributed by atoms with van der Waals surface area (Å²) in [6.07, 6.45) is 0.0271. The summed E-state index contributed by atoms with van der Waals surface area (Å²) in [4.78, 5) is 14.7. The smallest absolute Gasteiger partial charge is 0.243 e. The molecule has 1 aromatic heterocycles. The average molecular weight is 332 g/mol. The van der Waals surface area contributed by atoms with Crippen molar-refractivity contribution in [1.29, 1.82) is 0 Å². The molecule has 0 unspecified atom stereocenters. The van der Waals surface area contributed by atoms with Gasteiger partial charge in [-0.15, -0.1) is 22.9 Å². The highest BCUT2D eigenvalue weighted by atomic mass is 35.5. The van der Waals surface area contributed by atoms with Crippen LogP contribution in [0.2, 0.25) is 0 Å². The van der Waals surface area contributed by atoms with E-state index in [-0.39, 0.29) is 24.6 Å². The summed E-state index contributed by atoms with van der Waals surface area (Å²) in [6.45, 7) is 7.94. The van der Waals surface area contributed by atoms with Crippen molar-refractivity contribution in [2.75, 3.05) is 19.7 Å². The minimum Gasteiger partial charge on any atom is -0.495 e. The Labute approximate surface area is 135 Å². The van der Waals surface area contributed by atoms with Gasteiger partial charge in [0.1, 0.15) is 18.4 Å². The summed E-state index contributed by atoms with van der Waals surface area (Å²) >= 11 is 7.27. The van der Waals surface area contributed by atoms with Crippen LogP contribution in [0.3, 0.4) is 0 Å². The monoisotopic (exact) mass is 331 g/mol. The van der Waals surface area contributed by atoms with Crippen LogP contribution in [0.25, 0.3) is 5.70 Å². The predicted molar refractivity (Wildman–Crippen MR) is 87.8 cm³/mol. The van der Waals surface area contributed by atoms with E-state index in [9.17, 15) is 4.79 Å². The summed E-state index contributed by atoms with van der Waals surface area (Å²) in [5.74, 6) is 0.462. The van der Waals surface area contributed by atoms with Crippen molar-refractivity contribution in [3.63, 3.8) is 0 Å². The van der Waals surface area contributed by atoms with Gasteiger partial charge in [0, 0.05) is 0 Å². The number of methoxy groups -OCH3 is 1. The van der Waals surface area contributed by atoms with E-state index in [1.807, 2.05) is 39.1 Å². The topological polar surface area (TPSA) is 38.8 Å². The number of thiophene rings is 1. The van der Waals surface area contributed by atoms with Crippen LogP contribution < -0.4 is 4.74 Å². The molecular weight excluding hydrogens is 310 g/mol. The molecule has 0 N–H and O–H groups in total. The average Bonchev–Trinajstić information content (AvgIpc) is 2.89. The van der Waals surface area contributed by atoms with E-state index in [1.54, 1.807) is 12.0 Å². The van der Waals surface area contributed by atoms with E-state index >= 15 is 0 Å². The quantitative estimate of drug-likeness (QED) is 0.561. The molecule has 4 nitrogen and oxygen atoms in total. The first kappa shape index (κ1) is 18.0. The summed E-state index contributed by atoms with van der Waals surface area (Å²) < 4.78 is 11.0. The number of allylic oxidation sites excluding steroid dienone is 1. The van der Waals surface area contributed by atoms with Gasteiger partial charge in [-0.05, 0) is 39.1 Å².